The van der Waals surface area contributed by atoms with Crippen molar-refractivity contribution in [3.05, 3.63) is 23.9 Å². The largest absolute Gasteiger partial charge is 0.355 e. The van der Waals surface area contributed by atoms with Crippen LogP contribution in [0.5, 0.6) is 0 Å². The molecular formula is C21H33N7O. The topological polar surface area (TPSA) is 76.1 Å². The van der Waals surface area contributed by atoms with Crippen molar-refractivity contribution >= 4 is 17.7 Å². The van der Waals surface area contributed by atoms with Gasteiger partial charge in [-0.3, -0.25) is 9.79 Å². The van der Waals surface area contributed by atoms with Crippen molar-refractivity contribution in [2.45, 2.75) is 25.8 Å². The number of amides is 1. The molecule has 8 heteroatoms. The molecule has 1 aromatic rings. The molecule has 158 valence electrons. The number of nitrogens with zero attached hydrogens (tertiary/aromatic N) is 5. The van der Waals surface area contributed by atoms with Crippen LogP contribution in [-0.4, -0.2) is 86.6 Å². The zero-order chi connectivity index (χ0) is 20.3. The van der Waals surface area contributed by atoms with Crippen LogP contribution in [-0.2, 0) is 11.3 Å². The summed E-state index contributed by atoms with van der Waals surface area (Å²) in [5, 5.41) is 6.54. The van der Waals surface area contributed by atoms with Gasteiger partial charge in [0.1, 0.15) is 5.82 Å². The van der Waals surface area contributed by atoms with E-state index in [2.05, 4.69) is 54.5 Å². The second kappa shape index (κ2) is 8.57. The van der Waals surface area contributed by atoms with Gasteiger partial charge in [-0.05, 0) is 37.6 Å². The number of aliphatic imine (C=N–C) groups is 1. The van der Waals surface area contributed by atoms with Gasteiger partial charge < -0.3 is 25.3 Å². The lowest BCUT2D eigenvalue weighted by Gasteiger charge is -2.40. The first kappa shape index (κ1) is 19.9. The molecule has 0 radical (unpaired) electrons. The van der Waals surface area contributed by atoms with Crippen LogP contribution >= 0.6 is 0 Å². The van der Waals surface area contributed by atoms with Crippen molar-refractivity contribution in [2.75, 3.05) is 64.8 Å². The zero-order valence-corrected chi connectivity index (χ0v) is 17.7. The van der Waals surface area contributed by atoms with Crippen LogP contribution in [0.1, 0.15) is 24.8 Å². The van der Waals surface area contributed by atoms with E-state index in [1.807, 2.05) is 13.2 Å². The molecule has 3 fully saturated rings. The van der Waals surface area contributed by atoms with Crippen LogP contribution in [0.2, 0.25) is 0 Å². The summed E-state index contributed by atoms with van der Waals surface area (Å²) in [4.78, 5) is 27.9. The molecule has 4 heterocycles. The molecule has 0 bridgehead atoms. The number of likely N-dealkylation sites (N-methyl/N-ethyl adjacent to an activating group) is 1. The Hall–Kier alpha value is -2.35. The van der Waals surface area contributed by atoms with E-state index in [0.717, 1.165) is 77.0 Å². The Kier molecular flexibility index (Phi) is 5.89. The highest BCUT2D eigenvalue weighted by Crippen LogP contribution is 2.36. The van der Waals surface area contributed by atoms with Crippen LogP contribution in [0.15, 0.2) is 23.3 Å². The van der Waals surface area contributed by atoms with Crippen LogP contribution in [0.3, 0.4) is 0 Å². The molecule has 4 rings (SSSR count). The Bertz CT molecular complexity index is 759. The van der Waals surface area contributed by atoms with E-state index in [1.165, 1.54) is 5.56 Å². The first-order valence-electron chi connectivity index (χ1n) is 10.7. The van der Waals surface area contributed by atoms with Gasteiger partial charge in [0.15, 0.2) is 5.96 Å². The average molecular weight is 400 g/mol. The summed E-state index contributed by atoms with van der Waals surface area (Å²) >= 11 is 0. The number of rotatable bonds is 3. The second-order valence-electron chi connectivity index (χ2n) is 8.69. The summed E-state index contributed by atoms with van der Waals surface area (Å²) < 4.78 is 0. The van der Waals surface area contributed by atoms with Crippen molar-refractivity contribution in [1.29, 1.82) is 0 Å². The molecular weight excluding hydrogens is 366 g/mol. The van der Waals surface area contributed by atoms with Gasteiger partial charge in [-0.2, -0.15) is 0 Å². The molecule has 3 aliphatic heterocycles. The van der Waals surface area contributed by atoms with E-state index in [9.17, 15) is 4.79 Å². The fourth-order valence-electron chi connectivity index (χ4n) is 4.72. The van der Waals surface area contributed by atoms with Crippen molar-refractivity contribution in [3.63, 3.8) is 0 Å². The smallest absolute Gasteiger partial charge is 0.220 e. The maximum absolute atomic E-state index is 11.8. The molecule has 0 aromatic carbocycles. The predicted molar refractivity (Wildman–Crippen MR) is 115 cm³/mol. The van der Waals surface area contributed by atoms with Crippen LogP contribution in [0.4, 0.5) is 5.82 Å². The SMILES string of the molecule is CN=C(NCc1ccnc(N2CCN(C)CC2)c1)N1CCCC2(CNC(=O)C2)C1. The molecule has 3 aliphatic rings. The summed E-state index contributed by atoms with van der Waals surface area (Å²) in [7, 11) is 4.00. The van der Waals surface area contributed by atoms with Gasteiger partial charge in [0.05, 0.1) is 0 Å². The molecule has 3 saturated heterocycles. The van der Waals surface area contributed by atoms with Crippen molar-refractivity contribution in [3.8, 4) is 0 Å². The fourth-order valence-corrected chi connectivity index (χ4v) is 4.72. The van der Waals surface area contributed by atoms with Gasteiger partial charge in [0.25, 0.3) is 0 Å². The summed E-state index contributed by atoms with van der Waals surface area (Å²) in [6.45, 7) is 7.56. The Morgan fingerprint density at radius 2 is 2.14 bits per heavy atom. The highest BCUT2D eigenvalue weighted by atomic mass is 16.1. The predicted octanol–water partition coefficient (Wildman–Crippen LogP) is 0.511. The minimum atomic E-state index is 0.0677. The third-order valence-electron chi connectivity index (χ3n) is 6.46. The Morgan fingerprint density at radius 1 is 1.31 bits per heavy atom. The minimum absolute atomic E-state index is 0.0677. The van der Waals surface area contributed by atoms with Crippen LogP contribution < -0.4 is 15.5 Å². The number of nitrogens with one attached hydrogen (secondary N) is 2. The van der Waals surface area contributed by atoms with Crippen molar-refractivity contribution < 1.29 is 4.79 Å². The van der Waals surface area contributed by atoms with E-state index < -0.39 is 0 Å². The first-order valence-corrected chi connectivity index (χ1v) is 10.7. The highest BCUT2D eigenvalue weighted by Gasteiger charge is 2.42. The quantitative estimate of drug-likeness (QED) is 0.570. The van der Waals surface area contributed by atoms with E-state index in [-0.39, 0.29) is 11.3 Å². The van der Waals surface area contributed by atoms with Crippen LogP contribution in [0, 0.1) is 5.41 Å². The molecule has 29 heavy (non-hydrogen) atoms. The summed E-state index contributed by atoms with van der Waals surface area (Å²) in [6.07, 6.45) is 4.74. The minimum Gasteiger partial charge on any atom is -0.355 e. The van der Waals surface area contributed by atoms with E-state index in [0.29, 0.717) is 6.42 Å². The molecule has 1 unspecified atom stereocenters. The highest BCUT2D eigenvalue weighted by molar-refractivity contribution is 5.81. The van der Waals surface area contributed by atoms with Crippen molar-refractivity contribution in [1.82, 2.24) is 25.4 Å². The Labute approximate surface area is 173 Å². The van der Waals surface area contributed by atoms with Crippen LogP contribution in [0.25, 0.3) is 0 Å². The molecule has 2 N–H and O–H groups in total. The first-order chi connectivity index (χ1) is 14.1. The number of hydrogen-bond acceptors (Lipinski definition) is 5. The lowest BCUT2D eigenvalue weighted by Crippen LogP contribution is -2.51. The number of piperazine rings is 1. The Morgan fingerprint density at radius 3 is 2.86 bits per heavy atom. The monoisotopic (exact) mass is 399 g/mol. The van der Waals surface area contributed by atoms with E-state index in [4.69, 9.17) is 0 Å². The molecule has 1 spiro atoms. The maximum Gasteiger partial charge on any atom is 0.220 e. The molecule has 1 amide bonds. The third kappa shape index (κ3) is 4.63. The third-order valence-corrected chi connectivity index (χ3v) is 6.46. The second-order valence-corrected chi connectivity index (χ2v) is 8.69. The number of pyridine rings is 1. The molecule has 1 atom stereocenters. The normalized spacial score (nSPS) is 26.1. The number of likely N-dealkylation sites (tertiary alicyclic amines) is 1. The van der Waals surface area contributed by atoms with E-state index >= 15 is 0 Å². The summed E-state index contributed by atoms with van der Waals surface area (Å²) in [5.41, 5.74) is 1.28. The average Bonchev–Trinajstić information content (AvgIpc) is 3.09. The summed E-state index contributed by atoms with van der Waals surface area (Å²) in [6, 6.07) is 4.25. The van der Waals surface area contributed by atoms with Gasteiger partial charge in [-0.25, -0.2) is 4.98 Å². The lowest BCUT2D eigenvalue weighted by molar-refractivity contribution is -0.119. The number of carbonyl (C=O) groups is 1. The zero-order valence-electron chi connectivity index (χ0n) is 17.7. The van der Waals surface area contributed by atoms with Gasteiger partial charge in [-0.15, -0.1) is 0 Å². The van der Waals surface area contributed by atoms with Gasteiger partial charge in [0.2, 0.25) is 5.91 Å². The van der Waals surface area contributed by atoms with Crippen molar-refractivity contribution in [2.24, 2.45) is 10.4 Å². The van der Waals surface area contributed by atoms with Gasteiger partial charge in [0, 0.05) is 77.4 Å². The molecule has 1 aromatic heterocycles. The van der Waals surface area contributed by atoms with Gasteiger partial charge in [-0.1, -0.05) is 0 Å². The molecule has 8 nitrogen and oxygen atoms in total. The number of aromatic nitrogens is 1. The fraction of sp³-hybridized carbons (Fsp3) is 0.667. The number of hydrogen-bond donors (Lipinski definition) is 2. The lowest BCUT2D eigenvalue weighted by atomic mass is 9.79. The number of anilines is 1. The van der Waals surface area contributed by atoms with E-state index in [1.54, 1.807) is 0 Å². The Balaban J connectivity index is 1.36. The number of guanidine groups is 1. The van der Waals surface area contributed by atoms with Gasteiger partial charge >= 0.3 is 0 Å². The summed E-state index contributed by atoms with van der Waals surface area (Å²) in [5.74, 6) is 2.16. The maximum atomic E-state index is 11.8. The number of piperidine rings is 1. The molecule has 0 saturated carbocycles. The number of carbonyl (C=O) groups excluding carboxylic acids is 1. The standard InChI is InChI=1S/C21H33N7O/c1-22-20(28-7-3-5-21(16-28)13-19(29)25-15-21)24-14-17-4-6-23-18(12-17)27-10-8-26(2)9-11-27/h4,6,12H,3,5,7-11,13-16H2,1-2H3,(H,22,24)(H,25,29). The molecule has 0 aliphatic carbocycles.